The normalized spacial score (nSPS) is 10.5. The molecule has 0 aromatic heterocycles. The van der Waals surface area contributed by atoms with E-state index in [9.17, 15) is 0 Å². The summed E-state index contributed by atoms with van der Waals surface area (Å²) in [6, 6.07) is 19.6. The Balaban J connectivity index is 1.71. The van der Waals surface area contributed by atoms with Crippen LogP contribution in [-0.4, -0.2) is 13.2 Å². The Hall–Kier alpha value is -2.37. The van der Waals surface area contributed by atoms with Gasteiger partial charge in [-0.15, -0.1) is 0 Å². The van der Waals surface area contributed by atoms with Crippen LogP contribution in [0.2, 0.25) is 5.02 Å². The van der Waals surface area contributed by atoms with Crippen molar-refractivity contribution in [1.29, 1.82) is 0 Å². The van der Waals surface area contributed by atoms with Gasteiger partial charge in [-0.1, -0.05) is 29.8 Å². The van der Waals surface area contributed by atoms with E-state index in [0.717, 1.165) is 27.0 Å². The lowest BCUT2D eigenvalue weighted by Gasteiger charge is -2.16. The second kappa shape index (κ2) is 11.1. The molecule has 3 aromatic rings. The van der Waals surface area contributed by atoms with Crippen LogP contribution in [0.25, 0.3) is 0 Å². The lowest BCUT2D eigenvalue weighted by atomic mass is 10.2. The topological polar surface area (TPSA) is 39.7 Å². The quantitative estimate of drug-likeness (QED) is 0.329. The minimum absolute atomic E-state index is 0.363. The highest BCUT2D eigenvalue weighted by molar-refractivity contribution is 9.10. The monoisotopic (exact) mass is 489 g/mol. The zero-order chi connectivity index (χ0) is 21.3. The van der Waals surface area contributed by atoms with Crippen LogP contribution in [0.1, 0.15) is 25.0 Å². The van der Waals surface area contributed by atoms with Crippen molar-refractivity contribution < 1.29 is 14.2 Å². The number of anilines is 1. The predicted octanol–water partition coefficient (Wildman–Crippen LogP) is 7.09. The molecule has 4 nitrogen and oxygen atoms in total. The maximum Gasteiger partial charge on any atom is 0.175 e. The van der Waals surface area contributed by atoms with Crippen LogP contribution in [0.5, 0.6) is 17.2 Å². The largest absolute Gasteiger partial charge is 0.494 e. The summed E-state index contributed by atoms with van der Waals surface area (Å²) in [7, 11) is 0. The maximum absolute atomic E-state index is 6.24. The molecule has 0 aliphatic heterocycles. The average Bonchev–Trinajstić information content (AvgIpc) is 2.74. The summed E-state index contributed by atoms with van der Waals surface area (Å²) in [5, 5.41) is 4.10. The minimum Gasteiger partial charge on any atom is -0.494 e. The molecule has 0 amide bonds. The first-order chi connectivity index (χ1) is 14.6. The molecule has 0 radical (unpaired) electrons. The minimum atomic E-state index is 0.363. The van der Waals surface area contributed by atoms with Crippen LogP contribution in [-0.2, 0) is 13.2 Å². The summed E-state index contributed by atoms with van der Waals surface area (Å²) >= 11 is 9.87. The smallest absolute Gasteiger partial charge is 0.175 e. The fraction of sp³-hybridized carbons (Fsp3) is 0.250. The summed E-state index contributed by atoms with van der Waals surface area (Å²) in [6.45, 7) is 6.15. The number of hydrogen-bond acceptors (Lipinski definition) is 4. The van der Waals surface area contributed by atoms with Crippen LogP contribution >= 0.6 is 27.5 Å². The molecule has 6 heteroatoms. The van der Waals surface area contributed by atoms with Crippen molar-refractivity contribution in [2.45, 2.75) is 27.0 Å². The van der Waals surface area contributed by atoms with E-state index in [1.165, 1.54) is 0 Å². The van der Waals surface area contributed by atoms with E-state index >= 15 is 0 Å². The van der Waals surface area contributed by atoms with Crippen LogP contribution in [0.15, 0.2) is 65.1 Å². The van der Waals surface area contributed by atoms with Gasteiger partial charge in [0, 0.05) is 22.8 Å². The number of hydrogen-bond donors (Lipinski definition) is 1. The zero-order valence-electron chi connectivity index (χ0n) is 17.1. The Morgan fingerprint density at radius 3 is 2.33 bits per heavy atom. The highest BCUT2D eigenvalue weighted by Crippen LogP contribution is 2.38. The van der Waals surface area contributed by atoms with Gasteiger partial charge in [0.15, 0.2) is 11.5 Å². The third-order valence-electron chi connectivity index (χ3n) is 4.36. The lowest BCUT2D eigenvalue weighted by Crippen LogP contribution is -2.04. The summed E-state index contributed by atoms with van der Waals surface area (Å²) < 4.78 is 18.2. The number of benzene rings is 3. The van der Waals surface area contributed by atoms with Gasteiger partial charge in [0.05, 0.1) is 17.7 Å². The molecule has 0 unspecified atom stereocenters. The van der Waals surface area contributed by atoms with Crippen molar-refractivity contribution in [3.8, 4) is 17.2 Å². The summed E-state index contributed by atoms with van der Waals surface area (Å²) in [6.07, 6.45) is 0. The third kappa shape index (κ3) is 6.07. The van der Waals surface area contributed by atoms with Crippen molar-refractivity contribution in [3.63, 3.8) is 0 Å². The molecule has 0 atom stereocenters. The Morgan fingerprint density at radius 2 is 1.63 bits per heavy atom. The molecular formula is C24H25BrClNO3. The molecule has 0 saturated carbocycles. The van der Waals surface area contributed by atoms with Gasteiger partial charge in [0.2, 0.25) is 0 Å². The SMILES string of the molecule is CCOc1ccc(NCc2cc(Br)c(OCc3ccccc3Cl)c(OCC)c2)cc1. The Morgan fingerprint density at radius 1 is 0.900 bits per heavy atom. The average molecular weight is 491 g/mol. The summed E-state index contributed by atoms with van der Waals surface area (Å²) in [5.74, 6) is 2.23. The third-order valence-corrected chi connectivity index (χ3v) is 5.32. The van der Waals surface area contributed by atoms with E-state index < -0.39 is 0 Å². The number of rotatable bonds is 10. The lowest BCUT2D eigenvalue weighted by molar-refractivity contribution is 0.267. The Bertz CT molecular complexity index is 963. The van der Waals surface area contributed by atoms with Gasteiger partial charge < -0.3 is 19.5 Å². The van der Waals surface area contributed by atoms with Gasteiger partial charge in [0.1, 0.15) is 12.4 Å². The van der Waals surface area contributed by atoms with E-state index in [1.54, 1.807) is 0 Å². The predicted molar refractivity (Wildman–Crippen MR) is 126 cm³/mol. The van der Waals surface area contributed by atoms with Gasteiger partial charge >= 0.3 is 0 Å². The van der Waals surface area contributed by atoms with Crippen LogP contribution in [0.3, 0.4) is 0 Å². The van der Waals surface area contributed by atoms with Crippen molar-refractivity contribution >= 4 is 33.2 Å². The van der Waals surface area contributed by atoms with Crippen LogP contribution < -0.4 is 19.5 Å². The van der Waals surface area contributed by atoms with Gasteiger partial charge in [-0.3, -0.25) is 0 Å². The highest BCUT2D eigenvalue weighted by atomic mass is 79.9. The molecule has 30 heavy (non-hydrogen) atoms. The molecule has 0 spiro atoms. The van der Waals surface area contributed by atoms with Crippen LogP contribution in [0, 0.1) is 0 Å². The molecule has 3 aromatic carbocycles. The first-order valence-corrected chi connectivity index (χ1v) is 11.1. The molecule has 0 fully saturated rings. The van der Waals surface area contributed by atoms with Crippen LogP contribution in [0.4, 0.5) is 5.69 Å². The van der Waals surface area contributed by atoms with Gasteiger partial charge in [0.25, 0.3) is 0 Å². The van der Waals surface area contributed by atoms with Crippen molar-refractivity contribution in [2.24, 2.45) is 0 Å². The van der Waals surface area contributed by atoms with Gasteiger partial charge in [-0.05, 0) is 77.8 Å². The number of ether oxygens (including phenoxy) is 3. The number of halogens is 2. The Labute approximate surface area is 191 Å². The molecule has 3 rings (SSSR count). The molecule has 0 bridgehead atoms. The zero-order valence-corrected chi connectivity index (χ0v) is 19.4. The first-order valence-electron chi connectivity index (χ1n) is 9.88. The molecule has 0 aliphatic carbocycles. The van der Waals surface area contributed by atoms with Gasteiger partial charge in [-0.25, -0.2) is 0 Å². The van der Waals surface area contributed by atoms with E-state index in [1.807, 2.05) is 74.5 Å². The highest BCUT2D eigenvalue weighted by Gasteiger charge is 2.13. The molecular weight excluding hydrogens is 466 g/mol. The summed E-state index contributed by atoms with van der Waals surface area (Å²) in [5.41, 5.74) is 3.02. The molecule has 0 saturated heterocycles. The maximum atomic E-state index is 6.24. The van der Waals surface area contributed by atoms with E-state index in [4.69, 9.17) is 25.8 Å². The standard InChI is InChI=1S/C24H25BrClNO3/c1-3-28-20-11-9-19(10-12-20)27-15-17-13-21(25)24(23(14-17)29-4-2)30-16-18-7-5-6-8-22(18)26/h5-14,27H,3-4,15-16H2,1-2H3. The number of nitrogens with one attached hydrogen (secondary N) is 1. The second-order valence-electron chi connectivity index (χ2n) is 6.53. The first kappa shape index (κ1) is 22.3. The van der Waals surface area contributed by atoms with Crippen molar-refractivity contribution in [3.05, 3.63) is 81.3 Å². The summed E-state index contributed by atoms with van der Waals surface area (Å²) in [4.78, 5) is 0. The molecule has 0 heterocycles. The van der Waals surface area contributed by atoms with E-state index in [2.05, 4.69) is 21.2 Å². The second-order valence-corrected chi connectivity index (χ2v) is 7.79. The van der Waals surface area contributed by atoms with Gasteiger partial charge in [-0.2, -0.15) is 0 Å². The van der Waals surface area contributed by atoms with E-state index in [-0.39, 0.29) is 0 Å². The Kier molecular flexibility index (Phi) is 8.29. The molecule has 1 N–H and O–H groups in total. The van der Waals surface area contributed by atoms with E-state index in [0.29, 0.717) is 42.9 Å². The molecule has 158 valence electrons. The van der Waals surface area contributed by atoms with Crippen molar-refractivity contribution in [1.82, 2.24) is 0 Å². The van der Waals surface area contributed by atoms with Crippen molar-refractivity contribution in [2.75, 3.05) is 18.5 Å². The fourth-order valence-electron chi connectivity index (χ4n) is 2.93. The molecule has 0 aliphatic rings. The fourth-order valence-corrected chi connectivity index (χ4v) is 3.73.